The molecule has 0 atom stereocenters. The molecule has 1 N–H and O–H groups in total. The Labute approximate surface area is 227 Å². The Morgan fingerprint density at radius 2 is 1.55 bits per heavy atom. The van der Waals surface area contributed by atoms with Gasteiger partial charge in [-0.05, 0) is 77.4 Å². The molecular weight excluding hydrogens is 522 g/mol. The number of ether oxygens (including phenoxy) is 1. The zero-order valence-electron chi connectivity index (χ0n) is 20.6. The van der Waals surface area contributed by atoms with Crippen LogP contribution >= 0.6 is 11.6 Å². The van der Waals surface area contributed by atoms with E-state index in [1.54, 1.807) is 24.3 Å². The number of hydrazone groups is 1. The molecule has 0 aliphatic rings. The summed E-state index contributed by atoms with van der Waals surface area (Å²) < 4.78 is 31.8. The highest BCUT2D eigenvalue weighted by Gasteiger charge is 2.18. The van der Waals surface area contributed by atoms with Crippen molar-refractivity contribution in [1.29, 1.82) is 0 Å². The van der Waals surface area contributed by atoms with Crippen LogP contribution in [-0.4, -0.2) is 26.8 Å². The quantitative estimate of drug-likeness (QED) is 0.205. The van der Waals surface area contributed by atoms with Crippen molar-refractivity contribution in [1.82, 2.24) is 5.43 Å². The fraction of sp³-hybridized carbons (Fsp3) is 0.103. The minimum absolute atomic E-state index is 0.195. The largest absolute Gasteiger partial charge is 0.489 e. The molecular formula is C29H26ClN3O4S. The lowest BCUT2D eigenvalue weighted by Crippen LogP contribution is -2.29. The van der Waals surface area contributed by atoms with Crippen LogP contribution in [0.1, 0.15) is 27.0 Å². The van der Waals surface area contributed by atoms with Crippen molar-refractivity contribution in [2.24, 2.45) is 5.10 Å². The first-order valence-corrected chi connectivity index (χ1v) is 13.9. The van der Waals surface area contributed by atoms with E-state index in [1.807, 2.05) is 78.9 Å². The Morgan fingerprint density at radius 3 is 2.18 bits per heavy atom. The molecule has 0 saturated heterocycles. The van der Waals surface area contributed by atoms with Gasteiger partial charge in [-0.1, -0.05) is 54.1 Å². The maximum Gasteiger partial charge on any atom is 0.271 e. The van der Waals surface area contributed by atoms with E-state index in [0.717, 1.165) is 22.9 Å². The van der Waals surface area contributed by atoms with Gasteiger partial charge in [0.05, 0.1) is 24.7 Å². The minimum Gasteiger partial charge on any atom is -0.489 e. The second-order valence-electron chi connectivity index (χ2n) is 8.49. The Hall–Kier alpha value is -4.14. The Morgan fingerprint density at radius 1 is 0.895 bits per heavy atom. The summed E-state index contributed by atoms with van der Waals surface area (Å²) in [6, 6.07) is 30.4. The smallest absolute Gasteiger partial charge is 0.271 e. The van der Waals surface area contributed by atoms with Crippen LogP contribution in [-0.2, 0) is 23.2 Å². The molecule has 9 heteroatoms. The summed E-state index contributed by atoms with van der Waals surface area (Å²) in [6.45, 7) is 0.619. The van der Waals surface area contributed by atoms with Gasteiger partial charge in [-0.25, -0.2) is 13.8 Å². The van der Waals surface area contributed by atoms with E-state index in [2.05, 4.69) is 10.5 Å². The fourth-order valence-electron chi connectivity index (χ4n) is 3.56. The molecule has 0 spiro atoms. The van der Waals surface area contributed by atoms with Crippen molar-refractivity contribution >= 4 is 39.4 Å². The summed E-state index contributed by atoms with van der Waals surface area (Å²) >= 11 is 5.90. The predicted molar refractivity (Wildman–Crippen MR) is 151 cm³/mol. The van der Waals surface area contributed by atoms with Crippen LogP contribution in [0.3, 0.4) is 0 Å². The SMILES string of the molecule is CS(=O)(=O)N(Cc1ccccc1)c1ccc(C(=O)N/N=C\c2ccc(OCc3ccc(Cl)cc3)cc2)cc1. The Bertz CT molecular complexity index is 1490. The number of rotatable bonds is 10. The number of halogens is 1. The third-order valence-corrected chi connectivity index (χ3v) is 6.96. The molecule has 4 aromatic carbocycles. The molecule has 0 radical (unpaired) electrons. The van der Waals surface area contributed by atoms with Gasteiger partial charge in [0.1, 0.15) is 12.4 Å². The average molecular weight is 548 g/mol. The van der Waals surface area contributed by atoms with Gasteiger partial charge in [-0.3, -0.25) is 9.10 Å². The number of hydrogen-bond donors (Lipinski definition) is 1. The lowest BCUT2D eigenvalue weighted by Gasteiger charge is -2.22. The zero-order valence-corrected chi connectivity index (χ0v) is 22.2. The number of nitrogens with one attached hydrogen (secondary N) is 1. The molecule has 1 amide bonds. The number of amides is 1. The second-order valence-corrected chi connectivity index (χ2v) is 10.8. The lowest BCUT2D eigenvalue weighted by molar-refractivity contribution is 0.0955. The van der Waals surface area contributed by atoms with Crippen molar-refractivity contribution in [3.05, 3.63) is 130 Å². The summed E-state index contributed by atoms with van der Waals surface area (Å²) in [7, 11) is -3.52. The molecule has 0 aliphatic heterocycles. The molecule has 4 rings (SSSR count). The van der Waals surface area contributed by atoms with Crippen LogP contribution in [0.25, 0.3) is 0 Å². The first-order chi connectivity index (χ1) is 18.3. The highest BCUT2D eigenvalue weighted by atomic mass is 35.5. The third kappa shape index (κ3) is 7.68. The molecule has 194 valence electrons. The standard InChI is InChI=1S/C29H26ClN3O4S/c1-38(35,36)33(20-23-5-3-2-4-6-23)27-15-11-25(12-16-27)29(34)32-31-19-22-9-17-28(18-10-22)37-21-24-7-13-26(30)14-8-24/h2-19H,20-21H2,1H3,(H,32,34)/b31-19-. The molecule has 0 unspecified atom stereocenters. The number of hydrogen-bond acceptors (Lipinski definition) is 5. The van der Waals surface area contributed by atoms with Gasteiger partial charge in [0, 0.05) is 10.6 Å². The maximum absolute atomic E-state index is 12.5. The molecule has 0 aromatic heterocycles. The van der Waals surface area contributed by atoms with Crippen molar-refractivity contribution < 1.29 is 17.9 Å². The van der Waals surface area contributed by atoms with Crippen LogP contribution in [0.5, 0.6) is 5.75 Å². The van der Waals surface area contributed by atoms with Crippen molar-refractivity contribution in [2.75, 3.05) is 10.6 Å². The summed E-state index contributed by atoms with van der Waals surface area (Å²) in [5.74, 6) is 0.293. The van der Waals surface area contributed by atoms with Crippen LogP contribution in [0.2, 0.25) is 5.02 Å². The van der Waals surface area contributed by atoms with Gasteiger partial charge in [0.25, 0.3) is 5.91 Å². The van der Waals surface area contributed by atoms with Crippen LogP contribution in [0.4, 0.5) is 5.69 Å². The number of anilines is 1. The molecule has 0 saturated carbocycles. The van der Waals surface area contributed by atoms with Gasteiger partial charge in [0.15, 0.2) is 0 Å². The van der Waals surface area contributed by atoms with E-state index in [9.17, 15) is 13.2 Å². The lowest BCUT2D eigenvalue weighted by atomic mass is 10.2. The fourth-order valence-corrected chi connectivity index (χ4v) is 4.57. The number of nitrogens with zero attached hydrogens (tertiary/aromatic N) is 2. The van der Waals surface area contributed by atoms with Crippen LogP contribution < -0.4 is 14.5 Å². The summed E-state index contributed by atoms with van der Waals surface area (Å²) in [5.41, 5.74) is 5.96. The van der Waals surface area contributed by atoms with Gasteiger partial charge >= 0.3 is 0 Å². The van der Waals surface area contributed by atoms with Crippen LogP contribution in [0, 0.1) is 0 Å². The van der Waals surface area contributed by atoms with Gasteiger partial charge in [0.2, 0.25) is 10.0 Å². The van der Waals surface area contributed by atoms with E-state index >= 15 is 0 Å². The van der Waals surface area contributed by atoms with E-state index in [0.29, 0.717) is 28.6 Å². The summed E-state index contributed by atoms with van der Waals surface area (Å²) in [5, 5.41) is 4.70. The normalized spacial score (nSPS) is 11.3. The van der Waals surface area contributed by atoms with E-state index in [1.165, 1.54) is 10.5 Å². The number of carbonyl (C=O) groups excluding carboxylic acids is 1. The number of carbonyl (C=O) groups is 1. The summed E-state index contributed by atoms with van der Waals surface area (Å²) in [6.07, 6.45) is 2.68. The first-order valence-electron chi connectivity index (χ1n) is 11.7. The molecule has 4 aromatic rings. The van der Waals surface area contributed by atoms with Crippen molar-refractivity contribution in [3.63, 3.8) is 0 Å². The highest BCUT2D eigenvalue weighted by Crippen LogP contribution is 2.21. The van der Waals surface area contributed by atoms with E-state index in [4.69, 9.17) is 16.3 Å². The summed E-state index contributed by atoms with van der Waals surface area (Å²) in [4.78, 5) is 12.5. The Balaban J connectivity index is 1.32. The molecule has 0 heterocycles. The van der Waals surface area contributed by atoms with Gasteiger partial charge < -0.3 is 4.74 Å². The second kappa shape index (κ2) is 12.4. The molecule has 0 aliphatic carbocycles. The number of benzene rings is 4. The first kappa shape index (κ1) is 26.9. The average Bonchev–Trinajstić information content (AvgIpc) is 2.92. The topological polar surface area (TPSA) is 88.1 Å². The highest BCUT2D eigenvalue weighted by molar-refractivity contribution is 7.92. The van der Waals surface area contributed by atoms with Crippen LogP contribution in [0.15, 0.2) is 108 Å². The monoisotopic (exact) mass is 547 g/mol. The Kier molecular flexibility index (Phi) is 8.78. The van der Waals surface area contributed by atoms with Gasteiger partial charge in [-0.2, -0.15) is 5.10 Å². The zero-order chi connectivity index (χ0) is 27.0. The molecule has 7 nitrogen and oxygen atoms in total. The van der Waals surface area contributed by atoms with Crippen molar-refractivity contribution in [2.45, 2.75) is 13.2 Å². The number of sulfonamides is 1. The molecule has 38 heavy (non-hydrogen) atoms. The minimum atomic E-state index is -3.52. The van der Waals surface area contributed by atoms with Gasteiger partial charge in [-0.15, -0.1) is 0 Å². The molecule has 0 fully saturated rings. The predicted octanol–water partition coefficient (Wildman–Crippen LogP) is 5.65. The van der Waals surface area contributed by atoms with E-state index < -0.39 is 15.9 Å². The van der Waals surface area contributed by atoms with E-state index in [-0.39, 0.29) is 6.54 Å². The third-order valence-electron chi connectivity index (χ3n) is 5.57. The maximum atomic E-state index is 12.5. The molecule has 0 bridgehead atoms. The van der Waals surface area contributed by atoms with Crippen molar-refractivity contribution in [3.8, 4) is 5.75 Å².